The number of rotatable bonds is 3. The molecule has 0 spiro atoms. The van der Waals surface area contributed by atoms with E-state index in [9.17, 15) is 4.79 Å². The summed E-state index contributed by atoms with van der Waals surface area (Å²) in [7, 11) is 1.91. The predicted octanol–water partition coefficient (Wildman–Crippen LogP) is 1.80. The fraction of sp³-hybridized carbons (Fsp3) is 0.429. The topological polar surface area (TPSA) is 56.1 Å². The molecule has 1 heterocycles. The molecule has 1 aromatic rings. The van der Waals surface area contributed by atoms with Crippen molar-refractivity contribution in [2.45, 2.75) is 18.9 Å². The molecule has 1 unspecified atom stereocenters. The Kier molecular flexibility index (Phi) is 5.81. The zero-order valence-corrected chi connectivity index (χ0v) is 11.7. The van der Waals surface area contributed by atoms with Crippen molar-refractivity contribution in [3.05, 3.63) is 35.4 Å². The van der Waals surface area contributed by atoms with Crippen molar-refractivity contribution >= 4 is 18.3 Å². The van der Waals surface area contributed by atoms with E-state index < -0.39 is 0 Å². The molecule has 1 amide bonds. The van der Waals surface area contributed by atoms with Gasteiger partial charge in [0.1, 0.15) is 0 Å². The molecule has 19 heavy (non-hydrogen) atoms. The van der Waals surface area contributed by atoms with Gasteiger partial charge in [-0.15, -0.1) is 12.4 Å². The van der Waals surface area contributed by atoms with Crippen LogP contribution in [0.5, 0.6) is 0 Å². The molecule has 4 nitrogen and oxygen atoms in total. The Balaban J connectivity index is 0.00000180. The summed E-state index contributed by atoms with van der Waals surface area (Å²) in [5.74, 6) is 0.0669. The van der Waals surface area contributed by atoms with Crippen LogP contribution in [0.25, 0.3) is 0 Å². The first kappa shape index (κ1) is 15.5. The van der Waals surface area contributed by atoms with Gasteiger partial charge < -0.3 is 10.2 Å². The Hall–Kier alpha value is -1.57. The van der Waals surface area contributed by atoms with Gasteiger partial charge in [0, 0.05) is 24.7 Å². The van der Waals surface area contributed by atoms with Crippen molar-refractivity contribution in [3.63, 3.8) is 0 Å². The third-order valence-corrected chi connectivity index (χ3v) is 3.34. The molecule has 1 fully saturated rings. The Labute approximate surface area is 119 Å². The second-order valence-corrected chi connectivity index (χ2v) is 4.54. The summed E-state index contributed by atoms with van der Waals surface area (Å²) in [5, 5.41) is 11.9. The standard InChI is InChI=1S/C14H17N3O.ClH/c1-16-10-13-3-2-8-17(13)14(18)12-6-4-11(9-15)5-7-12;/h4-7,13,16H,2-3,8,10H2,1H3;1H. The SMILES string of the molecule is CNCC1CCCN1C(=O)c1ccc(C#N)cc1.Cl. The average molecular weight is 280 g/mol. The molecule has 1 N–H and O–H groups in total. The lowest BCUT2D eigenvalue weighted by Gasteiger charge is -2.24. The normalized spacial score (nSPS) is 17.7. The van der Waals surface area contributed by atoms with E-state index in [0.29, 0.717) is 11.1 Å². The van der Waals surface area contributed by atoms with Gasteiger partial charge in [0.2, 0.25) is 0 Å². The Morgan fingerprint density at radius 3 is 2.74 bits per heavy atom. The van der Waals surface area contributed by atoms with E-state index in [1.54, 1.807) is 24.3 Å². The van der Waals surface area contributed by atoms with E-state index in [1.807, 2.05) is 11.9 Å². The van der Waals surface area contributed by atoms with Crippen molar-refractivity contribution in [2.75, 3.05) is 20.1 Å². The van der Waals surface area contributed by atoms with Crippen molar-refractivity contribution in [3.8, 4) is 6.07 Å². The van der Waals surface area contributed by atoms with Gasteiger partial charge in [-0.2, -0.15) is 5.26 Å². The number of likely N-dealkylation sites (tertiary alicyclic amines) is 1. The van der Waals surface area contributed by atoms with E-state index in [-0.39, 0.29) is 24.4 Å². The highest BCUT2D eigenvalue weighted by Gasteiger charge is 2.28. The van der Waals surface area contributed by atoms with Gasteiger partial charge in [-0.25, -0.2) is 0 Å². The van der Waals surface area contributed by atoms with Crippen LogP contribution in [0.2, 0.25) is 0 Å². The highest BCUT2D eigenvalue weighted by atomic mass is 35.5. The number of likely N-dealkylation sites (N-methyl/N-ethyl adjacent to an activating group) is 1. The average Bonchev–Trinajstić information content (AvgIpc) is 2.87. The minimum atomic E-state index is 0. The predicted molar refractivity (Wildman–Crippen MR) is 76.4 cm³/mol. The van der Waals surface area contributed by atoms with Gasteiger partial charge in [-0.1, -0.05) is 0 Å². The fourth-order valence-corrected chi connectivity index (χ4v) is 2.40. The van der Waals surface area contributed by atoms with Gasteiger partial charge >= 0.3 is 0 Å². The number of nitriles is 1. The Morgan fingerprint density at radius 2 is 2.16 bits per heavy atom. The number of carbonyl (C=O) groups is 1. The summed E-state index contributed by atoms with van der Waals surface area (Å²) in [6.07, 6.45) is 2.12. The third-order valence-electron chi connectivity index (χ3n) is 3.34. The van der Waals surface area contributed by atoms with Gasteiger partial charge in [0.25, 0.3) is 5.91 Å². The van der Waals surface area contributed by atoms with Crippen LogP contribution in [0.15, 0.2) is 24.3 Å². The highest BCUT2D eigenvalue weighted by Crippen LogP contribution is 2.19. The monoisotopic (exact) mass is 279 g/mol. The molecule has 0 aliphatic carbocycles. The molecular formula is C14H18ClN3O. The number of halogens is 1. The molecule has 1 aliphatic rings. The van der Waals surface area contributed by atoms with Crippen molar-refractivity contribution in [1.29, 1.82) is 5.26 Å². The maximum Gasteiger partial charge on any atom is 0.254 e. The zero-order chi connectivity index (χ0) is 13.0. The van der Waals surface area contributed by atoms with Crippen LogP contribution in [0, 0.1) is 11.3 Å². The number of nitrogens with one attached hydrogen (secondary N) is 1. The fourth-order valence-electron chi connectivity index (χ4n) is 2.40. The van der Waals surface area contributed by atoms with Gasteiger partial charge in [-0.05, 0) is 44.2 Å². The number of hydrogen-bond donors (Lipinski definition) is 1. The van der Waals surface area contributed by atoms with Crippen LogP contribution >= 0.6 is 12.4 Å². The van der Waals surface area contributed by atoms with E-state index >= 15 is 0 Å². The van der Waals surface area contributed by atoms with E-state index in [1.165, 1.54) is 0 Å². The summed E-state index contributed by atoms with van der Waals surface area (Å²) < 4.78 is 0. The number of benzene rings is 1. The molecule has 1 aromatic carbocycles. The first-order valence-corrected chi connectivity index (χ1v) is 6.22. The van der Waals surface area contributed by atoms with E-state index in [4.69, 9.17) is 5.26 Å². The number of hydrogen-bond acceptors (Lipinski definition) is 3. The molecule has 2 rings (SSSR count). The molecular weight excluding hydrogens is 262 g/mol. The highest BCUT2D eigenvalue weighted by molar-refractivity contribution is 5.94. The molecule has 0 saturated carbocycles. The minimum absolute atomic E-state index is 0. The zero-order valence-electron chi connectivity index (χ0n) is 10.9. The summed E-state index contributed by atoms with van der Waals surface area (Å²) in [5.41, 5.74) is 1.25. The largest absolute Gasteiger partial charge is 0.334 e. The summed E-state index contributed by atoms with van der Waals surface area (Å²) in [4.78, 5) is 14.3. The minimum Gasteiger partial charge on any atom is -0.334 e. The van der Waals surface area contributed by atoms with Gasteiger partial charge in [-0.3, -0.25) is 4.79 Å². The summed E-state index contributed by atoms with van der Waals surface area (Å²) >= 11 is 0. The Morgan fingerprint density at radius 1 is 1.47 bits per heavy atom. The molecule has 0 bridgehead atoms. The van der Waals surface area contributed by atoms with Gasteiger partial charge in [0.15, 0.2) is 0 Å². The molecule has 102 valence electrons. The van der Waals surface area contributed by atoms with Crippen LogP contribution in [-0.2, 0) is 0 Å². The number of amides is 1. The molecule has 5 heteroatoms. The van der Waals surface area contributed by atoms with Gasteiger partial charge in [0.05, 0.1) is 11.6 Å². The number of nitrogens with zero attached hydrogens (tertiary/aromatic N) is 2. The maximum atomic E-state index is 12.3. The summed E-state index contributed by atoms with van der Waals surface area (Å²) in [6.45, 7) is 1.66. The van der Waals surface area contributed by atoms with Crippen LogP contribution in [-0.4, -0.2) is 37.0 Å². The van der Waals surface area contributed by atoms with E-state index in [0.717, 1.165) is 25.9 Å². The van der Waals surface area contributed by atoms with Crippen LogP contribution < -0.4 is 5.32 Å². The molecule has 1 aliphatic heterocycles. The van der Waals surface area contributed by atoms with E-state index in [2.05, 4.69) is 11.4 Å². The molecule has 1 saturated heterocycles. The maximum absolute atomic E-state index is 12.3. The van der Waals surface area contributed by atoms with Crippen molar-refractivity contribution < 1.29 is 4.79 Å². The lowest BCUT2D eigenvalue weighted by Crippen LogP contribution is -2.40. The number of carbonyl (C=O) groups excluding carboxylic acids is 1. The second-order valence-electron chi connectivity index (χ2n) is 4.54. The molecule has 1 atom stereocenters. The van der Waals surface area contributed by atoms with Crippen LogP contribution in [0.4, 0.5) is 0 Å². The Bertz CT molecular complexity index is 467. The van der Waals surface area contributed by atoms with Crippen LogP contribution in [0.1, 0.15) is 28.8 Å². The lowest BCUT2D eigenvalue weighted by atomic mass is 10.1. The quantitative estimate of drug-likeness (QED) is 0.918. The van der Waals surface area contributed by atoms with Crippen molar-refractivity contribution in [2.24, 2.45) is 0 Å². The van der Waals surface area contributed by atoms with Crippen molar-refractivity contribution in [1.82, 2.24) is 10.2 Å². The summed E-state index contributed by atoms with van der Waals surface area (Å²) in [6, 6.07) is 9.19. The lowest BCUT2D eigenvalue weighted by molar-refractivity contribution is 0.0737. The molecule has 0 radical (unpaired) electrons. The first-order valence-electron chi connectivity index (χ1n) is 6.22. The van der Waals surface area contributed by atoms with Crippen LogP contribution in [0.3, 0.4) is 0 Å². The third kappa shape index (κ3) is 3.46. The first-order chi connectivity index (χ1) is 8.76. The second kappa shape index (κ2) is 7.13. The molecule has 0 aromatic heterocycles. The smallest absolute Gasteiger partial charge is 0.254 e.